The van der Waals surface area contributed by atoms with E-state index in [1.807, 2.05) is 73.6 Å². The summed E-state index contributed by atoms with van der Waals surface area (Å²) in [7, 11) is 3.82. The summed E-state index contributed by atoms with van der Waals surface area (Å²) in [5.74, 6) is 1.10. The highest BCUT2D eigenvalue weighted by atomic mass is 16.5. The van der Waals surface area contributed by atoms with Crippen LogP contribution in [-0.2, 0) is 0 Å². The molecule has 0 fully saturated rings. The first-order valence-corrected chi connectivity index (χ1v) is 10.8. The smallest absolute Gasteiger partial charge is 0.229 e. The van der Waals surface area contributed by atoms with Crippen LogP contribution in [0.15, 0.2) is 67.0 Å². The van der Waals surface area contributed by atoms with Crippen LogP contribution in [0.2, 0.25) is 0 Å². The summed E-state index contributed by atoms with van der Waals surface area (Å²) in [4.78, 5) is 15.3. The van der Waals surface area contributed by atoms with Gasteiger partial charge < -0.3 is 20.1 Å². The van der Waals surface area contributed by atoms with E-state index in [4.69, 9.17) is 4.74 Å². The second-order valence-corrected chi connectivity index (χ2v) is 8.16. The zero-order valence-electron chi connectivity index (χ0n) is 18.8. The van der Waals surface area contributed by atoms with E-state index in [1.54, 1.807) is 17.1 Å². The van der Waals surface area contributed by atoms with E-state index in [2.05, 4.69) is 30.6 Å². The van der Waals surface area contributed by atoms with E-state index in [0.717, 1.165) is 22.3 Å². The predicted octanol–water partition coefficient (Wildman–Crippen LogP) is 2.80. The molecule has 5 aromatic rings. The molecule has 1 atom stereocenters. The van der Waals surface area contributed by atoms with Crippen LogP contribution in [0, 0.1) is 0 Å². The molecule has 5 rings (SSSR count). The number of likely N-dealkylation sites (N-methyl/N-ethyl adjacent to an activating group) is 1. The summed E-state index contributed by atoms with van der Waals surface area (Å²) in [6, 6.07) is 17.2. The highest BCUT2D eigenvalue weighted by molar-refractivity contribution is 5.81. The third kappa shape index (κ3) is 4.77. The van der Waals surface area contributed by atoms with E-state index < -0.39 is 6.10 Å². The van der Waals surface area contributed by atoms with E-state index in [-0.39, 0.29) is 6.61 Å². The van der Waals surface area contributed by atoms with Crippen molar-refractivity contribution in [1.29, 1.82) is 0 Å². The maximum absolute atomic E-state index is 9.95. The minimum absolute atomic E-state index is 0.229. The Kier molecular flexibility index (Phi) is 5.98. The normalized spacial score (nSPS) is 12.4. The fourth-order valence-corrected chi connectivity index (χ4v) is 3.59. The lowest BCUT2D eigenvalue weighted by molar-refractivity contribution is 0.0831. The van der Waals surface area contributed by atoms with Gasteiger partial charge in [0.05, 0.1) is 17.4 Å². The van der Waals surface area contributed by atoms with Crippen molar-refractivity contribution in [2.24, 2.45) is 0 Å². The number of pyridine rings is 1. The third-order valence-electron chi connectivity index (χ3n) is 5.15. The summed E-state index contributed by atoms with van der Waals surface area (Å²) in [5, 5.41) is 22.6. The molecule has 172 valence electrons. The van der Waals surface area contributed by atoms with Gasteiger partial charge in [-0.1, -0.05) is 11.3 Å². The van der Waals surface area contributed by atoms with Gasteiger partial charge in [0.15, 0.2) is 11.2 Å². The van der Waals surface area contributed by atoms with Crippen LogP contribution >= 0.6 is 0 Å². The van der Waals surface area contributed by atoms with Crippen LogP contribution in [0.1, 0.15) is 0 Å². The van der Waals surface area contributed by atoms with Gasteiger partial charge in [-0.3, -0.25) is 4.98 Å². The Bertz CT molecular complexity index is 1420. The van der Waals surface area contributed by atoms with Crippen molar-refractivity contribution in [1.82, 2.24) is 34.8 Å². The fraction of sp³-hybridized carbons (Fsp3) is 0.208. The number of ether oxygens (including phenoxy) is 1. The average Bonchev–Trinajstić information content (AvgIpc) is 3.26. The Morgan fingerprint density at radius 1 is 1.06 bits per heavy atom. The number of fused-ring (bicyclic) bond motifs is 2. The zero-order chi connectivity index (χ0) is 23.5. The second-order valence-electron chi connectivity index (χ2n) is 8.16. The number of aromatic nitrogens is 6. The molecule has 0 saturated heterocycles. The highest BCUT2D eigenvalue weighted by Crippen LogP contribution is 2.22. The van der Waals surface area contributed by atoms with Crippen molar-refractivity contribution in [3.8, 4) is 11.4 Å². The van der Waals surface area contributed by atoms with E-state index in [9.17, 15) is 5.11 Å². The van der Waals surface area contributed by atoms with Gasteiger partial charge in [-0.15, -0.1) is 5.10 Å². The number of hydrogen-bond donors (Lipinski definition) is 2. The molecule has 0 amide bonds. The van der Waals surface area contributed by atoms with Crippen LogP contribution in [-0.4, -0.2) is 73.3 Å². The number of nitrogens with one attached hydrogen (secondary N) is 1. The van der Waals surface area contributed by atoms with Crippen molar-refractivity contribution in [3.05, 3.63) is 67.0 Å². The molecular weight excluding hydrogens is 432 g/mol. The molecule has 0 aliphatic rings. The van der Waals surface area contributed by atoms with Gasteiger partial charge in [-0.25, -0.2) is 4.98 Å². The number of benzene rings is 2. The second kappa shape index (κ2) is 9.38. The lowest BCUT2D eigenvalue weighted by Crippen LogP contribution is -2.30. The molecule has 0 spiro atoms. The van der Waals surface area contributed by atoms with Crippen molar-refractivity contribution < 1.29 is 9.84 Å². The van der Waals surface area contributed by atoms with Gasteiger partial charge in [0.25, 0.3) is 0 Å². The Morgan fingerprint density at radius 3 is 2.74 bits per heavy atom. The molecule has 0 bridgehead atoms. The largest absolute Gasteiger partial charge is 0.491 e. The van der Waals surface area contributed by atoms with Crippen molar-refractivity contribution in [3.63, 3.8) is 0 Å². The molecule has 2 N–H and O–H groups in total. The molecule has 10 heteroatoms. The lowest BCUT2D eigenvalue weighted by atomic mass is 10.2. The predicted molar refractivity (Wildman–Crippen MR) is 130 cm³/mol. The Labute approximate surface area is 195 Å². The number of hydrogen-bond acceptors (Lipinski definition) is 9. The maximum Gasteiger partial charge on any atom is 0.229 e. The Balaban J connectivity index is 1.32. The first-order valence-electron chi connectivity index (χ1n) is 10.8. The van der Waals surface area contributed by atoms with Gasteiger partial charge in [0.2, 0.25) is 5.95 Å². The molecular formula is C24H24N8O2. The Hall–Kier alpha value is -4.15. The summed E-state index contributed by atoms with van der Waals surface area (Å²) in [6.07, 6.45) is 2.86. The molecule has 3 aromatic heterocycles. The monoisotopic (exact) mass is 456 g/mol. The summed E-state index contributed by atoms with van der Waals surface area (Å²) < 4.78 is 7.34. The molecule has 10 nitrogen and oxygen atoms in total. The molecule has 0 saturated carbocycles. The first-order chi connectivity index (χ1) is 16.5. The molecule has 34 heavy (non-hydrogen) atoms. The number of aliphatic hydroxyl groups is 1. The molecule has 2 aromatic carbocycles. The lowest BCUT2D eigenvalue weighted by Gasteiger charge is -2.16. The average molecular weight is 457 g/mol. The standard InChI is InChI=1S/C24H24N8O2/c1-31(2)14-19(33)15-34-20-8-5-17(6-9-20)27-24-26-13-22-23(28-24)32(30-29-22)18-7-10-21-16(12-18)4-3-11-25-21/h3-13,19,33H,14-15H2,1-2H3,(H,26,27,28). The van der Waals surface area contributed by atoms with Crippen molar-refractivity contribution >= 4 is 33.7 Å². The van der Waals surface area contributed by atoms with E-state index >= 15 is 0 Å². The van der Waals surface area contributed by atoms with Crippen molar-refractivity contribution in [2.75, 3.05) is 32.6 Å². The van der Waals surface area contributed by atoms with Gasteiger partial charge >= 0.3 is 0 Å². The summed E-state index contributed by atoms with van der Waals surface area (Å²) in [6.45, 7) is 0.771. The summed E-state index contributed by atoms with van der Waals surface area (Å²) >= 11 is 0. The van der Waals surface area contributed by atoms with Crippen LogP contribution in [0.25, 0.3) is 27.8 Å². The van der Waals surface area contributed by atoms with Crippen LogP contribution in [0.3, 0.4) is 0 Å². The zero-order valence-corrected chi connectivity index (χ0v) is 18.8. The number of nitrogens with zero attached hydrogens (tertiary/aromatic N) is 7. The van der Waals surface area contributed by atoms with Crippen LogP contribution < -0.4 is 10.1 Å². The van der Waals surface area contributed by atoms with Gasteiger partial charge in [-0.2, -0.15) is 9.67 Å². The molecule has 3 heterocycles. The van der Waals surface area contributed by atoms with Gasteiger partial charge in [0.1, 0.15) is 18.5 Å². The maximum atomic E-state index is 9.95. The van der Waals surface area contributed by atoms with Crippen LogP contribution in [0.4, 0.5) is 11.6 Å². The topological polar surface area (TPSA) is 114 Å². The minimum atomic E-state index is -0.551. The quantitative estimate of drug-likeness (QED) is 0.364. The van der Waals surface area contributed by atoms with E-state index in [1.165, 1.54) is 0 Å². The van der Waals surface area contributed by atoms with Crippen LogP contribution in [0.5, 0.6) is 5.75 Å². The fourth-order valence-electron chi connectivity index (χ4n) is 3.59. The molecule has 0 aliphatic carbocycles. The summed E-state index contributed by atoms with van der Waals surface area (Å²) in [5.41, 5.74) is 3.74. The Morgan fingerprint density at radius 2 is 1.91 bits per heavy atom. The molecule has 1 unspecified atom stereocenters. The number of aliphatic hydroxyl groups excluding tert-OH is 1. The minimum Gasteiger partial charge on any atom is -0.491 e. The number of rotatable bonds is 8. The van der Waals surface area contributed by atoms with Gasteiger partial charge in [0, 0.05) is 23.8 Å². The first kappa shape index (κ1) is 21.7. The van der Waals surface area contributed by atoms with Crippen molar-refractivity contribution in [2.45, 2.75) is 6.10 Å². The number of anilines is 2. The molecule has 0 aliphatic heterocycles. The van der Waals surface area contributed by atoms with E-state index in [0.29, 0.717) is 29.4 Å². The third-order valence-corrected chi connectivity index (χ3v) is 5.15. The molecule has 0 radical (unpaired) electrons. The SMILES string of the molecule is CN(C)CC(O)COc1ccc(Nc2ncc3nnn(-c4ccc5ncccc5c4)c3n2)cc1. The van der Waals surface area contributed by atoms with Gasteiger partial charge in [-0.05, 0) is 62.6 Å². The highest BCUT2D eigenvalue weighted by Gasteiger charge is 2.11.